The zero-order chi connectivity index (χ0) is 28.0. The number of ether oxygens (including phenoxy) is 2. The molecule has 1 unspecified atom stereocenters. The van der Waals surface area contributed by atoms with Gasteiger partial charge in [-0.3, -0.25) is 14.5 Å². The number of carbonyl (C=O) groups is 2. The first-order valence-corrected chi connectivity index (χ1v) is 15.8. The van der Waals surface area contributed by atoms with Crippen LogP contribution >= 0.6 is 0 Å². The van der Waals surface area contributed by atoms with Crippen molar-refractivity contribution in [3.8, 4) is 0 Å². The highest BCUT2D eigenvalue weighted by Gasteiger charge is 2.33. The standard InChI is InChI=1S/C31H60N2O5/c1-5-7-9-11-12-15-19-28(18-14-10-8-6-2)37-30(35)20-16-13-17-22-33-25-29(24-27(33)26-34)38-31(36)21-23-32(3)4/h27-29,34H,5-26H2,1-4H3/t27-,28?,29-/m0/s1. The number of esters is 2. The van der Waals surface area contributed by atoms with Gasteiger partial charge in [-0.1, -0.05) is 71.6 Å². The second kappa shape index (κ2) is 22.6. The molecule has 1 aliphatic rings. The molecule has 1 fully saturated rings. The van der Waals surface area contributed by atoms with Gasteiger partial charge in [0.1, 0.15) is 12.2 Å². The van der Waals surface area contributed by atoms with Gasteiger partial charge in [0.05, 0.1) is 13.0 Å². The lowest BCUT2D eigenvalue weighted by Crippen LogP contribution is -2.33. The first-order valence-electron chi connectivity index (χ1n) is 15.8. The number of aliphatic hydroxyl groups excluding tert-OH is 1. The van der Waals surface area contributed by atoms with Gasteiger partial charge < -0.3 is 19.5 Å². The molecule has 0 aromatic heterocycles. The van der Waals surface area contributed by atoms with Gasteiger partial charge in [0.2, 0.25) is 0 Å². The van der Waals surface area contributed by atoms with Crippen molar-refractivity contribution < 1.29 is 24.2 Å². The number of likely N-dealkylation sites (tertiary alicyclic amines) is 1. The minimum Gasteiger partial charge on any atom is -0.462 e. The quantitative estimate of drug-likeness (QED) is 0.117. The molecule has 1 rings (SSSR count). The van der Waals surface area contributed by atoms with E-state index in [1.54, 1.807) is 0 Å². The van der Waals surface area contributed by atoms with E-state index in [4.69, 9.17) is 9.47 Å². The van der Waals surface area contributed by atoms with Crippen LogP contribution < -0.4 is 0 Å². The average molecular weight is 541 g/mol. The van der Waals surface area contributed by atoms with Gasteiger partial charge in [-0.2, -0.15) is 0 Å². The second-order valence-corrected chi connectivity index (χ2v) is 11.6. The lowest BCUT2D eigenvalue weighted by molar-refractivity contribution is -0.150. The predicted molar refractivity (Wildman–Crippen MR) is 155 cm³/mol. The Morgan fingerprint density at radius 3 is 2.08 bits per heavy atom. The summed E-state index contributed by atoms with van der Waals surface area (Å²) in [6, 6.07) is 0.0436. The van der Waals surface area contributed by atoms with Crippen molar-refractivity contribution in [2.45, 2.75) is 148 Å². The predicted octanol–water partition coefficient (Wildman–Crippen LogP) is 6.11. The number of hydrogen-bond donors (Lipinski definition) is 1. The fourth-order valence-corrected chi connectivity index (χ4v) is 5.27. The summed E-state index contributed by atoms with van der Waals surface area (Å²) in [6.45, 7) is 6.76. The first kappa shape index (κ1) is 34.8. The van der Waals surface area contributed by atoms with E-state index >= 15 is 0 Å². The molecule has 0 radical (unpaired) electrons. The molecule has 38 heavy (non-hydrogen) atoms. The fraction of sp³-hybridized carbons (Fsp3) is 0.935. The molecule has 1 aliphatic heterocycles. The Morgan fingerprint density at radius 2 is 1.45 bits per heavy atom. The summed E-state index contributed by atoms with van der Waals surface area (Å²) in [7, 11) is 3.88. The summed E-state index contributed by atoms with van der Waals surface area (Å²) in [6.07, 6.45) is 18.7. The number of rotatable bonds is 24. The van der Waals surface area contributed by atoms with E-state index < -0.39 is 0 Å². The number of carbonyl (C=O) groups excluding carboxylic acids is 2. The Hall–Kier alpha value is -1.18. The van der Waals surface area contributed by atoms with Crippen LogP contribution in [0.5, 0.6) is 0 Å². The van der Waals surface area contributed by atoms with E-state index in [9.17, 15) is 14.7 Å². The number of nitrogens with zero attached hydrogens (tertiary/aromatic N) is 2. The maximum atomic E-state index is 12.6. The van der Waals surface area contributed by atoms with Crippen LogP contribution in [0.1, 0.15) is 129 Å². The Kier molecular flexibility index (Phi) is 20.7. The molecule has 0 amide bonds. The van der Waals surface area contributed by atoms with E-state index in [0.717, 1.165) is 51.5 Å². The van der Waals surface area contributed by atoms with Crippen LogP contribution in [-0.2, 0) is 19.1 Å². The molecule has 0 aromatic carbocycles. The zero-order valence-corrected chi connectivity index (χ0v) is 25.3. The van der Waals surface area contributed by atoms with Crippen LogP contribution in [0.15, 0.2) is 0 Å². The third kappa shape index (κ3) is 17.4. The smallest absolute Gasteiger partial charge is 0.307 e. The molecule has 0 aromatic rings. The van der Waals surface area contributed by atoms with Crippen LogP contribution in [0.4, 0.5) is 0 Å². The lowest BCUT2D eigenvalue weighted by Gasteiger charge is -2.22. The highest BCUT2D eigenvalue weighted by molar-refractivity contribution is 5.70. The van der Waals surface area contributed by atoms with Crippen molar-refractivity contribution in [3.05, 3.63) is 0 Å². The van der Waals surface area contributed by atoms with Gasteiger partial charge in [0, 0.05) is 32.0 Å². The summed E-state index contributed by atoms with van der Waals surface area (Å²) in [5.74, 6) is -0.212. The van der Waals surface area contributed by atoms with E-state index in [-0.39, 0.29) is 36.8 Å². The van der Waals surface area contributed by atoms with Gasteiger partial charge in [-0.15, -0.1) is 0 Å². The van der Waals surface area contributed by atoms with Crippen molar-refractivity contribution in [3.63, 3.8) is 0 Å². The summed E-state index contributed by atoms with van der Waals surface area (Å²) >= 11 is 0. The monoisotopic (exact) mass is 540 g/mol. The molecule has 1 heterocycles. The van der Waals surface area contributed by atoms with Gasteiger partial charge in [-0.05, 0) is 59.2 Å². The molecule has 0 bridgehead atoms. The molecule has 7 nitrogen and oxygen atoms in total. The van der Waals surface area contributed by atoms with Crippen LogP contribution in [-0.4, -0.2) is 85.4 Å². The van der Waals surface area contributed by atoms with Gasteiger partial charge in [0.15, 0.2) is 0 Å². The number of unbranched alkanes of at least 4 members (excludes halogenated alkanes) is 10. The van der Waals surface area contributed by atoms with Crippen LogP contribution in [0.2, 0.25) is 0 Å². The molecule has 1 N–H and O–H groups in total. The van der Waals surface area contributed by atoms with Crippen molar-refractivity contribution in [2.24, 2.45) is 0 Å². The fourth-order valence-electron chi connectivity index (χ4n) is 5.27. The van der Waals surface area contributed by atoms with Gasteiger partial charge in [0.25, 0.3) is 0 Å². The summed E-state index contributed by atoms with van der Waals surface area (Å²) in [5.41, 5.74) is 0. The maximum absolute atomic E-state index is 12.6. The van der Waals surface area contributed by atoms with Crippen molar-refractivity contribution in [1.82, 2.24) is 9.80 Å². The SMILES string of the molecule is CCCCCCCCC(CCCCCC)OC(=O)CCCCCN1C[C@@H](OC(=O)CCN(C)C)C[C@H]1CO. The minimum absolute atomic E-state index is 0.0436. The molecule has 0 saturated carbocycles. The van der Waals surface area contributed by atoms with Crippen LogP contribution in [0.3, 0.4) is 0 Å². The van der Waals surface area contributed by atoms with E-state index in [0.29, 0.717) is 32.4 Å². The van der Waals surface area contributed by atoms with E-state index in [1.807, 2.05) is 19.0 Å². The Morgan fingerprint density at radius 1 is 0.842 bits per heavy atom. The van der Waals surface area contributed by atoms with Crippen molar-refractivity contribution in [2.75, 3.05) is 40.3 Å². The number of hydrogen-bond acceptors (Lipinski definition) is 7. The Labute approximate surface area is 234 Å². The molecular formula is C31H60N2O5. The normalized spacial score (nSPS) is 18.7. The van der Waals surface area contributed by atoms with Crippen LogP contribution in [0, 0.1) is 0 Å². The van der Waals surface area contributed by atoms with Gasteiger partial charge in [-0.25, -0.2) is 0 Å². The van der Waals surface area contributed by atoms with Crippen molar-refractivity contribution >= 4 is 11.9 Å². The topological polar surface area (TPSA) is 79.3 Å². The average Bonchev–Trinajstić information content (AvgIpc) is 3.28. The molecule has 1 saturated heterocycles. The Bertz CT molecular complexity index is 601. The third-order valence-corrected chi connectivity index (χ3v) is 7.65. The van der Waals surface area contributed by atoms with E-state index in [2.05, 4.69) is 18.7 Å². The zero-order valence-electron chi connectivity index (χ0n) is 25.3. The molecule has 224 valence electrons. The van der Waals surface area contributed by atoms with Crippen LogP contribution in [0.25, 0.3) is 0 Å². The maximum Gasteiger partial charge on any atom is 0.307 e. The highest BCUT2D eigenvalue weighted by atomic mass is 16.5. The molecule has 7 heteroatoms. The largest absolute Gasteiger partial charge is 0.462 e. The number of aliphatic hydroxyl groups is 1. The minimum atomic E-state index is -0.166. The summed E-state index contributed by atoms with van der Waals surface area (Å²) in [5, 5.41) is 9.78. The summed E-state index contributed by atoms with van der Waals surface area (Å²) < 4.78 is 11.6. The van der Waals surface area contributed by atoms with Crippen molar-refractivity contribution in [1.29, 1.82) is 0 Å². The molecule has 0 spiro atoms. The van der Waals surface area contributed by atoms with E-state index in [1.165, 1.54) is 51.4 Å². The summed E-state index contributed by atoms with van der Waals surface area (Å²) in [4.78, 5) is 28.8. The lowest BCUT2D eigenvalue weighted by atomic mass is 10.0. The molecular weight excluding hydrogens is 480 g/mol. The first-order chi connectivity index (χ1) is 18.4. The molecule has 0 aliphatic carbocycles. The third-order valence-electron chi connectivity index (χ3n) is 7.65. The second-order valence-electron chi connectivity index (χ2n) is 11.6. The Balaban J connectivity index is 2.28. The molecule has 3 atom stereocenters. The highest BCUT2D eigenvalue weighted by Crippen LogP contribution is 2.22. The van der Waals surface area contributed by atoms with Gasteiger partial charge >= 0.3 is 11.9 Å².